The summed E-state index contributed by atoms with van der Waals surface area (Å²) in [4.78, 5) is 13.4. The predicted molar refractivity (Wildman–Crippen MR) is 68.3 cm³/mol. The third-order valence-electron chi connectivity index (χ3n) is 3.18. The third-order valence-corrected chi connectivity index (χ3v) is 3.18. The molecule has 0 radical (unpaired) electrons. The number of esters is 1. The first-order valence-electron chi connectivity index (χ1n) is 6.70. The lowest BCUT2D eigenvalue weighted by Crippen LogP contribution is -2.41. The fraction of sp³-hybridized carbons (Fsp3) is 0.923. The Morgan fingerprint density at radius 3 is 3.00 bits per heavy atom. The SMILES string of the molecule is CCOC(=O)CC(O)CN1CCCC(COC)C1. The molecule has 2 unspecified atom stereocenters. The molecule has 0 bridgehead atoms. The molecule has 1 rings (SSSR count). The number of nitrogens with zero attached hydrogens (tertiary/aromatic N) is 1. The highest BCUT2D eigenvalue weighted by Crippen LogP contribution is 2.17. The summed E-state index contributed by atoms with van der Waals surface area (Å²) in [6.45, 7) is 5.37. The van der Waals surface area contributed by atoms with Crippen molar-refractivity contribution in [2.45, 2.75) is 32.3 Å². The minimum absolute atomic E-state index is 0.0826. The molecule has 1 aliphatic rings. The zero-order valence-electron chi connectivity index (χ0n) is 11.4. The fourth-order valence-corrected chi connectivity index (χ4v) is 2.46. The van der Waals surface area contributed by atoms with Crippen molar-refractivity contribution in [2.75, 3.05) is 40.0 Å². The van der Waals surface area contributed by atoms with E-state index in [-0.39, 0.29) is 12.4 Å². The molecule has 1 heterocycles. The van der Waals surface area contributed by atoms with Crippen LogP contribution in [0.25, 0.3) is 0 Å². The van der Waals surface area contributed by atoms with Crippen molar-refractivity contribution in [2.24, 2.45) is 5.92 Å². The van der Waals surface area contributed by atoms with Gasteiger partial charge in [0.05, 0.1) is 25.7 Å². The molecule has 1 N–H and O–H groups in total. The highest BCUT2D eigenvalue weighted by Gasteiger charge is 2.22. The largest absolute Gasteiger partial charge is 0.466 e. The number of hydrogen-bond acceptors (Lipinski definition) is 5. The first-order valence-corrected chi connectivity index (χ1v) is 6.70. The molecule has 106 valence electrons. The molecule has 5 heteroatoms. The maximum Gasteiger partial charge on any atom is 0.308 e. The number of hydrogen-bond donors (Lipinski definition) is 1. The highest BCUT2D eigenvalue weighted by molar-refractivity contribution is 5.69. The average Bonchev–Trinajstić information content (AvgIpc) is 2.29. The van der Waals surface area contributed by atoms with Crippen molar-refractivity contribution in [3.63, 3.8) is 0 Å². The summed E-state index contributed by atoms with van der Waals surface area (Å²) in [6, 6.07) is 0. The van der Waals surface area contributed by atoms with E-state index in [1.807, 2.05) is 0 Å². The van der Waals surface area contributed by atoms with E-state index in [1.165, 1.54) is 6.42 Å². The smallest absolute Gasteiger partial charge is 0.308 e. The van der Waals surface area contributed by atoms with Gasteiger partial charge < -0.3 is 19.5 Å². The Hall–Kier alpha value is -0.650. The van der Waals surface area contributed by atoms with Crippen LogP contribution in [0.3, 0.4) is 0 Å². The van der Waals surface area contributed by atoms with E-state index in [2.05, 4.69) is 4.90 Å². The van der Waals surface area contributed by atoms with E-state index in [0.29, 0.717) is 19.1 Å². The topological polar surface area (TPSA) is 59.0 Å². The molecule has 0 aliphatic carbocycles. The van der Waals surface area contributed by atoms with Crippen LogP contribution < -0.4 is 0 Å². The molecular weight excluding hydrogens is 234 g/mol. The molecule has 0 spiro atoms. The molecule has 1 aliphatic heterocycles. The number of ether oxygens (including phenoxy) is 2. The number of β-amino-alcohol motifs (C(OH)–C–C–N with tert-alkyl or cyclic N) is 1. The molecule has 1 fully saturated rings. The van der Waals surface area contributed by atoms with E-state index >= 15 is 0 Å². The minimum atomic E-state index is -0.634. The van der Waals surface area contributed by atoms with E-state index in [9.17, 15) is 9.90 Å². The van der Waals surface area contributed by atoms with Gasteiger partial charge in [0.25, 0.3) is 0 Å². The molecule has 18 heavy (non-hydrogen) atoms. The second-order valence-corrected chi connectivity index (χ2v) is 4.89. The van der Waals surface area contributed by atoms with Gasteiger partial charge in [0, 0.05) is 20.2 Å². The average molecular weight is 259 g/mol. The number of likely N-dealkylation sites (tertiary alicyclic amines) is 1. The first kappa shape index (κ1) is 15.4. The van der Waals surface area contributed by atoms with Crippen molar-refractivity contribution in [1.82, 2.24) is 4.90 Å². The molecule has 0 saturated carbocycles. The van der Waals surface area contributed by atoms with Crippen molar-refractivity contribution in [3.8, 4) is 0 Å². The lowest BCUT2D eigenvalue weighted by molar-refractivity contribution is -0.145. The number of carbonyl (C=O) groups is 1. The molecule has 0 aromatic rings. The van der Waals surface area contributed by atoms with E-state index in [4.69, 9.17) is 9.47 Å². The minimum Gasteiger partial charge on any atom is -0.466 e. The van der Waals surface area contributed by atoms with E-state index < -0.39 is 6.10 Å². The van der Waals surface area contributed by atoms with Crippen LogP contribution in [0.4, 0.5) is 0 Å². The number of carbonyl (C=O) groups excluding carboxylic acids is 1. The summed E-state index contributed by atoms with van der Waals surface area (Å²) in [5.74, 6) is 0.217. The summed E-state index contributed by atoms with van der Waals surface area (Å²) in [5.41, 5.74) is 0. The monoisotopic (exact) mass is 259 g/mol. The van der Waals surface area contributed by atoms with Gasteiger partial charge in [-0.15, -0.1) is 0 Å². The molecule has 0 aromatic carbocycles. The van der Waals surface area contributed by atoms with Crippen LogP contribution in [0, 0.1) is 5.92 Å². The first-order chi connectivity index (χ1) is 8.65. The maximum atomic E-state index is 11.2. The second-order valence-electron chi connectivity index (χ2n) is 4.89. The molecule has 0 amide bonds. The Balaban J connectivity index is 2.26. The van der Waals surface area contributed by atoms with E-state index in [1.54, 1.807) is 14.0 Å². The van der Waals surface area contributed by atoms with Crippen molar-refractivity contribution >= 4 is 5.97 Å². The van der Waals surface area contributed by atoms with Crippen molar-refractivity contribution < 1.29 is 19.4 Å². The Kier molecular flexibility index (Phi) is 7.23. The van der Waals surface area contributed by atoms with Gasteiger partial charge in [-0.1, -0.05) is 0 Å². The van der Waals surface area contributed by atoms with Crippen LogP contribution in [0.1, 0.15) is 26.2 Å². The lowest BCUT2D eigenvalue weighted by Gasteiger charge is -2.33. The summed E-state index contributed by atoms with van der Waals surface area (Å²) in [7, 11) is 1.72. The second kappa shape index (κ2) is 8.45. The molecule has 5 nitrogen and oxygen atoms in total. The van der Waals surface area contributed by atoms with E-state index in [0.717, 1.165) is 26.1 Å². The lowest BCUT2D eigenvalue weighted by atomic mass is 9.98. The summed E-state index contributed by atoms with van der Waals surface area (Å²) >= 11 is 0. The Bertz CT molecular complexity index is 245. The van der Waals surface area contributed by atoms with Crippen molar-refractivity contribution in [3.05, 3.63) is 0 Å². The zero-order chi connectivity index (χ0) is 13.4. The quantitative estimate of drug-likeness (QED) is 0.681. The number of aliphatic hydroxyl groups excluding tert-OH is 1. The number of rotatable bonds is 7. The Morgan fingerprint density at radius 1 is 1.56 bits per heavy atom. The Morgan fingerprint density at radius 2 is 2.33 bits per heavy atom. The van der Waals surface area contributed by atoms with Crippen LogP contribution in [0.15, 0.2) is 0 Å². The zero-order valence-corrected chi connectivity index (χ0v) is 11.4. The standard InChI is InChI=1S/C13H25NO4/c1-3-18-13(16)7-12(15)9-14-6-4-5-11(8-14)10-17-2/h11-12,15H,3-10H2,1-2H3. The van der Waals surface area contributed by atoms with Crippen LogP contribution in [-0.2, 0) is 14.3 Å². The van der Waals surface area contributed by atoms with Crippen LogP contribution in [-0.4, -0.2) is 62.0 Å². The van der Waals surface area contributed by atoms with Gasteiger partial charge in [0.15, 0.2) is 0 Å². The molecular formula is C13H25NO4. The number of methoxy groups -OCH3 is 1. The number of aliphatic hydroxyl groups is 1. The van der Waals surface area contributed by atoms with Crippen LogP contribution >= 0.6 is 0 Å². The summed E-state index contributed by atoms with van der Waals surface area (Å²) < 4.78 is 9.99. The predicted octanol–water partition coefficient (Wildman–Crippen LogP) is 0.659. The van der Waals surface area contributed by atoms with Gasteiger partial charge in [-0.25, -0.2) is 0 Å². The van der Waals surface area contributed by atoms with Gasteiger partial charge >= 0.3 is 5.97 Å². The van der Waals surface area contributed by atoms with Gasteiger partial charge in [0.1, 0.15) is 0 Å². The van der Waals surface area contributed by atoms with Crippen molar-refractivity contribution in [1.29, 1.82) is 0 Å². The molecule has 2 atom stereocenters. The third kappa shape index (κ3) is 5.80. The fourth-order valence-electron chi connectivity index (χ4n) is 2.46. The molecule has 0 aromatic heterocycles. The van der Waals surface area contributed by atoms with Crippen LogP contribution in [0.2, 0.25) is 0 Å². The Labute approximate surface area is 109 Å². The van der Waals surface area contributed by atoms with Gasteiger partial charge in [-0.05, 0) is 32.2 Å². The molecule has 1 saturated heterocycles. The van der Waals surface area contributed by atoms with Crippen LogP contribution in [0.5, 0.6) is 0 Å². The summed E-state index contributed by atoms with van der Waals surface area (Å²) in [5, 5.41) is 9.84. The normalized spacial score (nSPS) is 22.7. The number of piperidine rings is 1. The van der Waals surface area contributed by atoms with Gasteiger partial charge in [0.2, 0.25) is 0 Å². The summed E-state index contributed by atoms with van der Waals surface area (Å²) in [6.07, 6.45) is 1.75. The highest BCUT2D eigenvalue weighted by atomic mass is 16.5. The maximum absolute atomic E-state index is 11.2. The van der Waals surface area contributed by atoms with Gasteiger partial charge in [-0.2, -0.15) is 0 Å². The van der Waals surface area contributed by atoms with Gasteiger partial charge in [-0.3, -0.25) is 4.79 Å².